The summed E-state index contributed by atoms with van der Waals surface area (Å²) in [6, 6.07) is 11.1. The summed E-state index contributed by atoms with van der Waals surface area (Å²) >= 11 is 7.20. The van der Waals surface area contributed by atoms with Gasteiger partial charge < -0.3 is 10.2 Å². The number of nitriles is 1. The van der Waals surface area contributed by atoms with Gasteiger partial charge in [-0.1, -0.05) is 23.7 Å². The quantitative estimate of drug-likeness (QED) is 0.450. The Balaban J connectivity index is 1.74. The predicted octanol–water partition coefficient (Wildman–Crippen LogP) is 4.99. The van der Waals surface area contributed by atoms with Crippen LogP contribution in [0.4, 0.5) is 18.9 Å². The number of halogens is 4. The van der Waals surface area contributed by atoms with Gasteiger partial charge in [0.15, 0.2) is 0 Å². The van der Waals surface area contributed by atoms with Gasteiger partial charge in [-0.3, -0.25) is 0 Å². The molecule has 0 spiro atoms. The highest BCUT2D eigenvalue weighted by molar-refractivity contribution is 7.99. The fourth-order valence-electron chi connectivity index (χ4n) is 2.35. The Morgan fingerprint density at radius 3 is 2.61 bits per heavy atom. The molecule has 0 radical (unpaired) electrons. The Bertz CT molecular complexity index is 806. The van der Waals surface area contributed by atoms with Crippen LogP contribution in [0.15, 0.2) is 41.6 Å². The highest BCUT2D eigenvalue weighted by Gasteiger charge is 2.31. The molecule has 1 N–H and O–H groups in total. The van der Waals surface area contributed by atoms with Gasteiger partial charge in [-0.05, 0) is 23.8 Å². The molecule has 150 valence electrons. The highest BCUT2D eigenvalue weighted by Crippen LogP contribution is 2.33. The average Bonchev–Trinajstić information content (AvgIpc) is 2.66. The number of benzene rings is 1. The third-order valence-corrected chi connectivity index (χ3v) is 5.32. The maximum atomic E-state index is 12.6. The zero-order valence-corrected chi connectivity index (χ0v) is 16.8. The summed E-state index contributed by atoms with van der Waals surface area (Å²) in [7, 11) is 1.95. The second-order valence-corrected chi connectivity index (χ2v) is 7.52. The number of thioether (sulfide) groups is 1. The molecule has 0 amide bonds. The molecule has 0 unspecified atom stereocenters. The van der Waals surface area contributed by atoms with E-state index in [-0.39, 0.29) is 5.02 Å². The van der Waals surface area contributed by atoms with Crippen molar-refractivity contribution < 1.29 is 13.2 Å². The number of pyridine rings is 1. The van der Waals surface area contributed by atoms with E-state index in [4.69, 9.17) is 16.9 Å². The van der Waals surface area contributed by atoms with E-state index in [1.54, 1.807) is 0 Å². The molecule has 2 aromatic rings. The molecule has 1 heterocycles. The van der Waals surface area contributed by atoms with Gasteiger partial charge in [0.2, 0.25) is 0 Å². The van der Waals surface area contributed by atoms with Crippen LogP contribution in [0.1, 0.15) is 17.5 Å². The molecule has 2 rings (SSSR count). The van der Waals surface area contributed by atoms with Crippen LogP contribution >= 0.6 is 23.4 Å². The van der Waals surface area contributed by atoms with Crippen molar-refractivity contribution in [1.82, 2.24) is 10.3 Å². The SMILES string of the molecule is CN(CCC#N)c1ccc(CNCCSc2ncc(C(F)(F)F)cc2Cl)cc1. The molecule has 0 aliphatic heterocycles. The predicted molar refractivity (Wildman–Crippen MR) is 107 cm³/mol. The van der Waals surface area contributed by atoms with Crippen LogP contribution in [0, 0.1) is 11.3 Å². The molecule has 9 heteroatoms. The minimum absolute atomic E-state index is 0.0101. The molecule has 0 bridgehead atoms. The van der Waals surface area contributed by atoms with Crippen molar-refractivity contribution in [2.45, 2.75) is 24.2 Å². The smallest absolute Gasteiger partial charge is 0.374 e. The van der Waals surface area contributed by atoms with Gasteiger partial charge in [0.1, 0.15) is 5.03 Å². The molecule has 0 aliphatic carbocycles. The summed E-state index contributed by atoms with van der Waals surface area (Å²) in [5, 5.41) is 12.3. The van der Waals surface area contributed by atoms with Crippen molar-refractivity contribution in [1.29, 1.82) is 5.26 Å². The molecule has 0 fully saturated rings. The van der Waals surface area contributed by atoms with E-state index in [1.807, 2.05) is 36.2 Å². The Morgan fingerprint density at radius 2 is 2.00 bits per heavy atom. The lowest BCUT2D eigenvalue weighted by molar-refractivity contribution is -0.137. The van der Waals surface area contributed by atoms with Gasteiger partial charge in [-0.2, -0.15) is 18.4 Å². The number of nitrogens with zero attached hydrogens (tertiary/aromatic N) is 3. The number of hydrogen-bond acceptors (Lipinski definition) is 5. The number of alkyl halides is 3. The monoisotopic (exact) mass is 428 g/mol. The van der Waals surface area contributed by atoms with Gasteiger partial charge in [0.25, 0.3) is 0 Å². The van der Waals surface area contributed by atoms with E-state index >= 15 is 0 Å². The van der Waals surface area contributed by atoms with Gasteiger partial charge >= 0.3 is 6.18 Å². The molecular weight excluding hydrogens is 409 g/mol. The van der Waals surface area contributed by atoms with Gasteiger partial charge in [-0.25, -0.2) is 4.98 Å². The van der Waals surface area contributed by atoms with Gasteiger partial charge in [-0.15, -0.1) is 11.8 Å². The third-order valence-electron chi connectivity index (χ3n) is 3.92. The second-order valence-electron chi connectivity index (χ2n) is 6.03. The molecule has 0 saturated carbocycles. The molecule has 1 aromatic carbocycles. The third kappa shape index (κ3) is 6.89. The summed E-state index contributed by atoms with van der Waals surface area (Å²) in [5.74, 6) is 0.632. The average molecular weight is 429 g/mol. The van der Waals surface area contributed by atoms with E-state index in [0.717, 1.165) is 23.5 Å². The zero-order chi connectivity index (χ0) is 20.6. The molecular formula is C19H20ClF3N4S. The summed E-state index contributed by atoms with van der Waals surface area (Å²) < 4.78 is 37.8. The van der Waals surface area contributed by atoms with Crippen molar-refractivity contribution in [3.05, 3.63) is 52.7 Å². The normalized spacial score (nSPS) is 11.3. The first-order valence-corrected chi connectivity index (χ1v) is 9.91. The Morgan fingerprint density at radius 1 is 1.29 bits per heavy atom. The van der Waals surface area contributed by atoms with Gasteiger partial charge in [0, 0.05) is 44.3 Å². The molecule has 0 saturated heterocycles. The molecule has 0 aliphatic rings. The fraction of sp³-hybridized carbons (Fsp3) is 0.368. The number of nitrogens with one attached hydrogen (secondary N) is 1. The number of aromatic nitrogens is 1. The number of rotatable bonds is 9. The lowest BCUT2D eigenvalue weighted by Crippen LogP contribution is -2.18. The first kappa shape index (κ1) is 22.3. The lowest BCUT2D eigenvalue weighted by Gasteiger charge is -2.18. The number of anilines is 1. The van der Waals surface area contributed by atoms with Crippen LogP contribution in [-0.2, 0) is 12.7 Å². The van der Waals surface area contributed by atoms with Crippen molar-refractivity contribution >= 4 is 29.1 Å². The van der Waals surface area contributed by atoms with Crippen LogP contribution < -0.4 is 10.2 Å². The van der Waals surface area contributed by atoms with Crippen LogP contribution in [0.2, 0.25) is 5.02 Å². The summed E-state index contributed by atoms with van der Waals surface area (Å²) in [6.07, 6.45) is -3.16. The molecule has 1 aromatic heterocycles. The van der Waals surface area contributed by atoms with E-state index in [2.05, 4.69) is 16.4 Å². The Labute approximate surface area is 171 Å². The number of hydrogen-bond donors (Lipinski definition) is 1. The summed E-state index contributed by atoms with van der Waals surface area (Å²) in [5.41, 5.74) is 1.33. The van der Waals surface area contributed by atoms with Crippen molar-refractivity contribution in [3.63, 3.8) is 0 Å². The standard InChI is InChI=1S/C19H20ClF3N4S/c1-27(9-2-7-24)16-5-3-14(4-6-16)12-25-8-10-28-18-17(20)11-15(13-26-18)19(21,22)23/h3-6,11,13,25H,2,8-10,12H2,1H3. The maximum Gasteiger partial charge on any atom is 0.417 e. The molecule has 0 atom stereocenters. The highest BCUT2D eigenvalue weighted by atomic mass is 35.5. The van der Waals surface area contributed by atoms with Gasteiger partial charge in [0.05, 0.1) is 23.1 Å². The zero-order valence-electron chi connectivity index (χ0n) is 15.3. The first-order chi connectivity index (χ1) is 13.3. The van der Waals surface area contributed by atoms with E-state index in [0.29, 0.717) is 36.8 Å². The topological polar surface area (TPSA) is 52.0 Å². The molecule has 28 heavy (non-hydrogen) atoms. The van der Waals surface area contributed by atoms with E-state index < -0.39 is 11.7 Å². The van der Waals surface area contributed by atoms with E-state index in [1.165, 1.54) is 11.8 Å². The van der Waals surface area contributed by atoms with Crippen LogP contribution in [0.3, 0.4) is 0 Å². The van der Waals surface area contributed by atoms with Crippen LogP contribution in [0.5, 0.6) is 0 Å². The van der Waals surface area contributed by atoms with Crippen molar-refractivity contribution in [2.75, 3.05) is 30.8 Å². The second kappa shape index (κ2) is 10.6. The first-order valence-electron chi connectivity index (χ1n) is 8.54. The Hall–Kier alpha value is -1.95. The molecule has 4 nitrogen and oxygen atoms in total. The largest absolute Gasteiger partial charge is 0.417 e. The van der Waals surface area contributed by atoms with E-state index in [9.17, 15) is 13.2 Å². The summed E-state index contributed by atoms with van der Waals surface area (Å²) in [6.45, 7) is 2.02. The maximum absolute atomic E-state index is 12.6. The van der Waals surface area contributed by atoms with Crippen molar-refractivity contribution in [2.24, 2.45) is 0 Å². The van der Waals surface area contributed by atoms with Crippen LogP contribution in [0.25, 0.3) is 0 Å². The lowest BCUT2D eigenvalue weighted by atomic mass is 10.2. The minimum Gasteiger partial charge on any atom is -0.374 e. The van der Waals surface area contributed by atoms with Crippen LogP contribution in [-0.4, -0.2) is 30.9 Å². The van der Waals surface area contributed by atoms with Crippen molar-refractivity contribution in [3.8, 4) is 6.07 Å². The Kier molecular flexibility index (Phi) is 8.42. The minimum atomic E-state index is -4.44. The summed E-state index contributed by atoms with van der Waals surface area (Å²) in [4.78, 5) is 5.83. The fourth-order valence-corrected chi connectivity index (χ4v) is 3.45.